The third-order valence-corrected chi connectivity index (χ3v) is 8.15. The number of aliphatic hydroxyl groups is 1. The fourth-order valence-electron chi connectivity index (χ4n) is 3.81. The van der Waals surface area contributed by atoms with Crippen molar-refractivity contribution in [2.45, 2.75) is 63.3 Å². The molecule has 14 heteroatoms. The summed E-state index contributed by atoms with van der Waals surface area (Å²) in [6.45, 7) is 7.10. The lowest BCUT2D eigenvalue weighted by molar-refractivity contribution is -0.242. The zero-order valence-corrected chi connectivity index (χ0v) is 22.0. The smallest absolute Gasteiger partial charge is 0.427 e. The number of aliphatic hydroxyl groups excluding tert-OH is 1. The van der Waals surface area contributed by atoms with Crippen LogP contribution in [0.4, 0.5) is 29.3 Å². The highest BCUT2D eigenvalue weighted by molar-refractivity contribution is 7.93. The van der Waals surface area contributed by atoms with Gasteiger partial charge in [0.15, 0.2) is 5.15 Å². The van der Waals surface area contributed by atoms with Crippen LogP contribution < -0.4 is 9.62 Å². The van der Waals surface area contributed by atoms with Crippen LogP contribution in [0.2, 0.25) is 5.15 Å². The molecule has 204 valence electrons. The maximum atomic E-state index is 13.7. The first-order chi connectivity index (χ1) is 17.0. The molecule has 2 N–H and O–H groups in total. The molecular formula is C23H28ClF3N4O5S. The lowest BCUT2D eigenvalue weighted by Crippen LogP contribution is -2.44. The van der Waals surface area contributed by atoms with Crippen molar-refractivity contribution in [2.24, 2.45) is 5.92 Å². The summed E-state index contributed by atoms with van der Waals surface area (Å²) in [4.78, 5) is 12.0. The van der Waals surface area contributed by atoms with Gasteiger partial charge in [0.25, 0.3) is 10.0 Å². The van der Waals surface area contributed by atoms with Crippen LogP contribution in [-0.4, -0.2) is 47.7 Å². The fourth-order valence-corrected chi connectivity index (χ4v) is 5.83. The molecule has 2 heterocycles. The summed E-state index contributed by atoms with van der Waals surface area (Å²) in [6.07, 6.45) is -3.62. The second kappa shape index (κ2) is 10.4. The summed E-state index contributed by atoms with van der Waals surface area (Å²) in [5.41, 5.74) is -1.84. The van der Waals surface area contributed by atoms with E-state index in [0.717, 1.165) is 18.2 Å². The lowest BCUT2D eigenvalue weighted by atomic mass is 9.90. The molecule has 0 unspecified atom stereocenters. The number of hydrogen-bond acceptors (Lipinski definition) is 6. The molecule has 1 aromatic carbocycles. The molecule has 37 heavy (non-hydrogen) atoms. The monoisotopic (exact) mass is 564 g/mol. The molecule has 0 aliphatic carbocycles. The number of nitrogens with zero attached hydrogens (tertiary/aromatic N) is 3. The van der Waals surface area contributed by atoms with Crippen LogP contribution >= 0.6 is 11.6 Å². The molecule has 2 aromatic rings. The third-order valence-electron chi connectivity index (χ3n) is 5.98. The number of hydrogen-bond donors (Lipinski definition) is 2. The van der Waals surface area contributed by atoms with E-state index in [1.807, 2.05) is 0 Å². The van der Waals surface area contributed by atoms with Gasteiger partial charge in [-0.1, -0.05) is 24.2 Å². The number of aryl methyl sites for hydroxylation is 1. The quantitative estimate of drug-likeness (QED) is 0.400. The largest absolute Gasteiger partial charge is 0.513 e. The zero-order valence-electron chi connectivity index (χ0n) is 20.5. The van der Waals surface area contributed by atoms with Crippen molar-refractivity contribution in [3.05, 3.63) is 47.5 Å². The first-order valence-electron chi connectivity index (χ1n) is 11.4. The lowest BCUT2D eigenvalue weighted by Gasteiger charge is -2.35. The topological polar surface area (TPSA) is 114 Å². The first-order valence-corrected chi connectivity index (χ1v) is 13.2. The summed E-state index contributed by atoms with van der Waals surface area (Å²) >= 11 is 6.14. The minimum Gasteiger partial charge on any atom is -0.513 e. The minimum atomic E-state index is -4.79. The Labute approximate surface area is 217 Å². The van der Waals surface area contributed by atoms with E-state index in [-0.39, 0.29) is 46.1 Å². The second-order valence-electron chi connectivity index (χ2n) is 9.22. The standard InChI is InChI=1S/C23H28ClF3N4O5S/c1-5-30-13-19(20(24)29-30)37(34,35)31-12-15(7-6-14(2)32)10-16-8-9-17(11-18(16)31)28-21(33)36-22(3,4)23(25,26)27/h8-9,11,13,15,32H,2,5-7,10,12H2,1,3-4H3,(H,28,33)/t15-/m1/s1. The minimum absolute atomic E-state index is 0.0210. The number of fused-ring (bicyclic) bond motifs is 1. The molecule has 0 saturated heterocycles. The van der Waals surface area contributed by atoms with Gasteiger partial charge in [-0.25, -0.2) is 13.2 Å². The summed E-state index contributed by atoms with van der Waals surface area (Å²) in [7, 11) is -4.22. The van der Waals surface area contributed by atoms with Gasteiger partial charge in [0, 0.05) is 31.4 Å². The van der Waals surface area contributed by atoms with Crippen molar-refractivity contribution in [3.8, 4) is 0 Å². The molecule has 1 aromatic heterocycles. The van der Waals surface area contributed by atoms with Gasteiger partial charge >= 0.3 is 12.3 Å². The van der Waals surface area contributed by atoms with Crippen LogP contribution in [0.25, 0.3) is 0 Å². The highest BCUT2D eigenvalue weighted by atomic mass is 35.5. The molecule has 1 aliphatic heterocycles. The van der Waals surface area contributed by atoms with Gasteiger partial charge in [-0.3, -0.25) is 14.3 Å². The van der Waals surface area contributed by atoms with E-state index < -0.39 is 27.9 Å². The molecular weight excluding hydrogens is 537 g/mol. The first kappa shape index (κ1) is 28.6. The predicted molar refractivity (Wildman–Crippen MR) is 132 cm³/mol. The number of allylic oxidation sites excluding steroid dienone is 1. The third kappa shape index (κ3) is 6.32. The van der Waals surface area contributed by atoms with E-state index in [2.05, 4.69) is 21.7 Å². The molecule has 1 aliphatic rings. The summed E-state index contributed by atoms with van der Waals surface area (Å²) in [5.74, 6) is -0.199. The number of nitrogens with one attached hydrogen (secondary N) is 1. The molecule has 0 radical (unpaired) electrons. The van der Waals surface area contributed by atoms with E-state index in [1.165, 1.54) is 23.0 Å². The number of alkyl halides is 3. The van der Waals surface area contributed by atoms with Gasteiger partial charge in [-0.2, -0.15) is 18.3 Å². The normalized spacial score (nSPS) is 16.3. The molecule has 1 atom stereocenters. The Morgan fingerprint density at radius 1 is 1.35 bits per heavy atom. The number of anilines is 2. The average molecular weight is 565 g/mol. The molecule has 0 saturated carbocycles. The maximum Gasteiger partial charge on any atom is 0.427 e. The Bertz CT molecular complexity index is 1290. The van der Waals surface area contributed by atoms with E-state index in [0.29, 0.717) is 24.9 Å². The molecule has 0 bridgehead atoms. The van der Waals surface area contributed by atoms with Gasteiger partial charge in [0.1, 0.15) is 4.90 Å². The summed E-state index contributed by atoms with van der Waals surface area (Å²) in [5, 5.41) is 15.6. The Hall–Kier alpha value is -2.93. The Morgan fingerprint density at radius 2 is 2.03 bits per heavy atom. The van der Waals surface area contributed by atoms with Gasteiger partial charge in [-0.05, 0) is 57.2 Å². The number of sulfonamides is 1. The molecule has 0 fully saturated rings. The van der Waals surface area contributed by atoms with Crippen LogP contribution in [0, 0.1) is 5.92 Å². The number of carbonyl (C=O) groups is 1. The molecule has 9 nitrogen and oxygen atoms in total. The number of ether oxygens (including phenoxy) is 1. The Morgan fingerprint density at radius 3 is 2.59 bits per heavy atom. The van der Waals surface area contributed by atoms with Gasteiger partial charge < -0.3 is 9.84 Å². The van der Waals surface area contributed by atoms with E-state index in [4.69, 9.17) is 11.6 Å². The fraction of sp³-hybridized carbons (Fsp3) is 0.478. The van der Waals surface area contributed by atoms with Crippen molar-refractivity contribution in [3.63, 3.8) is 0 Å². The molecule has 3 rings (SSSR count). The van der Waals surface area contributed by atoms with Crippen molar-refractivity contribution in [1.29, 1.82) is 0 Å². The maximum absolute atomic E-state index is 13.7. The number of benzene rings is 1. The van der Waals surface area contributed by atoms with Gasteiger partial charge in [0.05, 0.1) is 11.4 Å². The number of rotatable bonds is 8. The number of aromatic nitrogens is 2. The van der Waals surface area contributed by atoms with Crippen LogP contribution in [0.3, 0.4) is 0 Å². The van der Waals surface area contributed by atoms with Crippen molar-refractivity contribution < 1.29 is 36.2 Å². The van der Waals surface area contributed by atoms with Crippen molar-refractivity contribution >= 4 is 39.1 Å². The SMILES string of the molecule is C=C(O)CC[C@@H]1Cc2ccc(NC(=O)OC(C)(C)C(F)(F)F)cc2N(S(=O)(=O)c2cn(CC)nc2Cl)C1. The van der Waals surface area contributed by atoms with Gasteiger partial charge in [-0.15, -0.1) is 0 Å². The number of halogens is 4. The number of carbonyl (C=O) groups excluding carboxylic acids is 1. The summed E-state index contributed by atoms with van der Waals surface area (Å²) in [6, 6.07) is 4.38. The zero-order chi connectivity index (χ0) is 27.8. The Kier molecular flexibility index (Phi) is 8.08. The van der Waals surface area contributed by atoms with Crippen molar-refractivity contribution in [1.82, 2.24) is 9.78 Å². The van der Waals surface area contributed by atoms with Crippen LogP contribution in [-0.2, 0) is 27.7 Å². The van der Waals surface area contributed by atoms with E-state index >= 15 is 0 Å². The average Bonchev–Trinajstić information content (AvgIpc) is 3.17. The van der Waals surface area contributed by atoms with E-state index in [1.54, 1.807) is 13.0 Å². The van der Waals surface area contributed by atoms with Crippen LogP contribution in [0.1, 0.15) is 39.2 Å². The van der Waals surface area contributed by atoms with Crippen LogP contribution in [0.5, 0.6) is 0 Å². The molecule has 0 spiro atoms. The highest BCUT2D eigenvalue weighted by Crippen LogP contribution is 2.39. The Balaban J connectivity index is 1.98. The second-order valence-corrected chi connectivity index (χ2v) is 11.4. The number of amides is 1. The van der Waals surface area contributed by atoms with E-state index in [9.17, 15) is 31.5 Å². The predicted octanol–water partition coefficient (Wildman–Crippen LogP) is 5.67. The summed E-state index contributed by atoms with van der Waals surface area (Å²) < 4.78 is 73.7. The van der Waals surface area contributed by atoms with Gasteiger partial charge in [0.2, 0.25) is 5.60 Å². The van der Waals surface area contributed by atoms with Crippen molar-refractivity contribution in [2.75, 3.05) is 16.2 Å². The van der Waals surface area contributed by atoms with Crippen LogP contribution in [0.15, 0.2) is 41.6 Å². The molecule has 1 amide bonds. The highest BCUT2D eigenvalue weighted by Gasteiger charge is 2.51.